The van der Waals surface area contributed by atoms with Gasteiger partial charge in [0.15, 0.2) is 0 Å². The van der Waals surface area contributed by atoms with Gasteiger partial charge in [-0.3, -0.25) is 4.79 Å². The third-order valence-corrected chi connectivity index (χ3v) is 4.58. The number of thioether (sulfide) groups is 1. The van der Waals surface area contributed by atoms with E-state index in [-0.39, 0.29) is 5.97 Å². The van der Waals surface area contributed by atoms with Gasteiger partial charge in [0.1, 0.15) is 5.60 Å². The Bertz CT molecular complexity index is 453. The molecule has 0 saturated carbocycles. The number of aliphatic hydroxyl groups excluding tert-OH is 1. The maximum atomic E-state index is 12.5. The largest absolute Gasteiger partial charge is 0.460 e. The van der Waals surface area contributed by atoms with Gasteiger partial charge >= 0.3 is 5.97 Å². The van der Waals surface area contributed by atoms with E-state index in [1.165, 1.54) is 0 Å². The quantitative estimate of drug-likeness (QED) is 0.403. The third kappa shape index (κ3) is 8.42. The van der Waals surface area contributed by atoms with Crippen molar-refractivity contribution in [1.82, 2.24) is 0 Å². The number of benzene rings is 1. The fourth-order valence-corrected chi connectivity index (χ4v) is 3.30. The molecule has 3 nitrogen and oxygen atoms in total. The Morgan fingerprint density at radius 1 is 1.22 bits per heavy atom. The van der Waals surface area contributed by atoms with Gasteiger partial charge < -0.3 is 9.84 Å². The molecule has 0 bridgehead atoms. The van der Waals surface area contributed by atoms with Crippen LogP contribution >= 0.6 is 11.8 Å². The minimum Gasteiger partial charge on any atom is -0.460 e. The zero-order chi connectivity index (χ0) is 17.3. The molecular weight excluding hydrogens is 308 g/mol. The van der Waals surface area contributed by atoms with Gasteiger partial charge in [-0.25, -0.2) is 0 Å². The zero-order valence-corrected chi connectivity index (χ0v) is 15.6. The fraction of sp³-hybridized carbons (Fsp3) is 0.632. The van der Waals surface area contributed by atoms with Crippen molar-refractivity contribution >= 4 is 17.7 Å². The zero-order valence-electron chi connectivity index (χ0n) is 14.7. The van der Waals surface area contributed by atoms with Crippen molar-refractivity contribution in [3.05, 3.63) is 30.3 Å². The van der Waals surface area contributed by atoms with Gasteiger partial charge in [0.05, 0.1) is 12.0 Å². The van der Waals surface area contributed by atoms with Crippen LogP contribution in [0.15, 0.2) is 35.2 Å². The Morgan fingerprint density at radius 3 is 2.43 bits per heavy atom. The lowest BCUT2D eigenvalue weighted by molar-refractivity contribution is -0.163. The number of unbranched alkanes of at least 4 members (excludes halogenated alkanes) is 2. The molecule has 23 heavy (non-hydrogen) atoms. The van der Waals surface area contributed by atoms with E-state index in [9.17, 15) is 9.90 Å². The Morgan fingerprint density at radius 2 is 1.87 bits per heavy atom. The molecule has 0 aromatic heterocycles. The predicted octanol–water partition coefficient (Wildman–Crippen LogP) is 4.68. The van der Waals surface area contributed by atoms with Crippen LogP contribution in [0.25, 0.3) is 0 Å². The van der Waals surface area contributed by atoms with E-state index in [0.29, 0.717) is 12.2 Å². The van der Waals surface area contributed by atoms with E-state index in [2.05, 4.69) is 6.92 Å². The van der Waals surface area contributed by atoms with Crippen molar-refractivity contribution in [3.63, 3.8) is 0 Å². The molecule has 0 fully saturated rings. The van der Waals surface area contributed by atoms with Crippen LogP contribution in [0, 0.1) is 5.92 Å². The summed E-state index contributed by atoms with van der Waals surface area (Å²) in [4.78, 5) is 13.6. The molecule has 0 aliphatic carbocycles. The summed E-state index contributed by atoms with van der Waals surface area (Å²) in [6, 6.07) is 9.94. The number of hydrogen-bond donors (Lipinski definition) is 1. The van der Waals surface area contributed by atoms with E-state index in [1.54, 1.807) is 11.8 Å². The summed E-state index contributed by atoms with van der Waals surface area (Å²) in [5, 5.41) is 10.5. The molecule has 1 rings (SSSR count). The molecule has 4 heteroatoms. The van der Waals surface area contributed by atoms with Gasteiger partial charge in [0.2, 0.25) is 0 Å². The van der Waals surface area contributed by atoms with Crippen LogP contribution in [-0.2, 0) is 9.53 Å². The molecule has 1 aromatic carbocycles. The normalized spacial score (nSPS) is 14.3. The van der Waals surface area contributed by atoms with E-state index >= 15 is 0 Å². The van der Waals surface area contributed by atoms with E-state index in [0.717, 1.165) is 24.2 Å². The predicted molar refractivity (Wildman–Crippen MR) is 96.6 cm³/mol. The molecule has 0 aliphatic heterocycles. The SMILES string of the molecule is CCCCC[C@@H](O)[C@H](CSc1ccccc1)C(=O)OC(C)(C)C. The molecule has 0 aliphatic rings. The first-order valence-corrected chi connectivity index (χ1v) is 9.41. The molecule has 0 saturated heterocycles. The summed E-state index contributed by atoms with van der Waals surface area (Å²) in [5.41, 5.74) is -0.532. The Kier molecular flexibility index (Phi) is 8.71. The molecule has 1 N–H and O–H groups in total. The average Bonchev–Trinajstić information content (AvgIpc) is 2.47. The van der Waals surface area contributed by atoms with Crippen molar-refractivity contribution < 1.29 is 14.6 Å². The molecule has 0 radical (unpaired) electrons. The van der Waals surface area contributed by atoms with E-state index < -0.39 is 17.6 Å². The third-order valence-electron chi connectivity index (χ3n) is 3.45. The Labute approximate surface area is 144 Å². The van der Waals surface area contributed by atoms with Crippen molar-refractivity contribution in [2.75, 3.05) is 5.75 Å². The Hall–Kier alpha value is -1.00. The summed E-state index contributed by atoms with van der Waals surface area (Å²) in [6.07, 6.45) is 3.11. The van der Waals surface area contributed by atoms with Crippen molar-refractivity contribution in [3.8, 4) is 0 Å². The first kappa shape index (κ1) is 20.0. The molecule has 0 heterocycles. The van der Waals surface area contributed by atoms with Crippen LogP contribution in [0.4, 0.5) is 0 Å². The second-order valence-electron chi connectivity index (χ2n) is 6.83. The van der Waals surface area contributed by atoms with Crippen LogP contribution in [-0.4, -0.2) is 28.5 Å². The first-order valence-electron chi connectivity index (χ1n) is 8.42. The standard InChI is InChI=1S/C19H30O3S/c1-5-6-8-13-17(20)16(18(21)22-19(2,3)4)14-23-15-11-9-7-10-12-15/h7,9-12,16-17,20H,5-6,8,13-14H2,1-4H3/t16-,17+/m0/s1. The lowest BCUT2D eigenvalue weighted by Gasteiger charge is -2.26. The van der Waals surface area contributed by atoms with E-state index in [4.69, 9.17) is 4.74 Å². The molecular formula is C19H30O3S. The maximum Gasteiger partial charge on any atom is 0.312 e. The molecule has 0 unspecified atom stereocenters. The average molecular weight is 339 g/mol. The minimum absolute atomic E-state index is 0.301. The van der Waals surface area contributed by atoms with Crippen LogP contribution in [0.5, 0.6) is 0 Å². The summed E-state index contributed by atoms with van der Waals surface area (Å²) >= 11 is 1.59. The van der Waals surface area contributed by atoms with Gasteiger partial charge in [-0.05, 0) is 39.3 Å². The van der Waals surface area contributed by atoms with Gasteiger partial charge in [-0.15, -0.1) is 11.8 Å². The summed E-state index contributed by atoms with van der Waals surface area (Å²) < 4.78 is 5.50. The number of hydrogen-bond acceptors (Lipinski definition) is 4. The highest BCUT2D eigenvalue weighted by Gasteiger charge is 2.31. The van der Waals surface area contributed by atoms with Crippen LogP contribution in [0.1, 0.15) is 53.4 Å². The number of esters is 1. The monoisotopic (exact) mass is 338 g/mol. The van der Waals surface area contributed by atoms with Gasteiger partial charge in [-0.2, -0.15) is 0 Å². The van der Waals surface area contributed by atoms with Crippen LogP contribution in [0.2, 0.25) is 0 Å². The van der Waals surface area contributed by atoms with Crippen LogP contribution < -0.4 is 0 Å². The molecule has 1 aromatic rings. The van der Waals surface area contributed by atoms with Gasteiger partial charge in [0.25, 0.3) is 0 Å². The molecule has 0 amide bonds. The van der Waals surface area contributed by atoms with Crippen molar-refractivity contribution in [2.24, 2.45) is 5.92 Å². The van der Waals surface area contributed by atoms with Crippen LogP contribution in [0.3, 0.4) is 0 Å². The van der Waals surface area contributed by atoms with E-state index in [1.807, 2.05) is 51.1 Å². The highest BCUT2D eigenvalue weighted by Crippen LogP contribution is 2.26. The molecule has 130 valence electrons. The first-order chi connectivity index (χ1) is 10.8. The maximum absolute atomic E-state index is 12.5. The molecule has 0 spiro atoms. The number of ether oxygens (including phenoxy) is 1. The summed E-state index contributed by atoms with van der Waals surface area (Å²) in [6.45, 7) is 7.70. The number of aliphatic hydroxyl groups is 1. The van der Waals surface area contributed by atoms with Gasteiger partial charge in [-0.1, -0.05) is 44.4 Å². The number of carbonyl (C=O) groups is 1. The highest BCUT2D eigenvalue weighted by atomic mass is 32.2. The fourth-order valence-electron chi connectivity index (χ4n) is 2.22. The van der Waals surface area contributed by atoms with Crippen molar-refractivity contribution in [2.45, 2.75) is 70.0 Å². The number of carbonyl (C=O) groups excluding carboxylic acids is 1. The summed E-state index contributed by atoms with van der Waals surface area (Å²) in [7, 11) is 0. The highest BCUT2D eigenvalue weighted by molar-refractivity contribution is 7.99. The topological polar surface area (TPSA) is 46.5 Å². The number of rotatable bonds is 9. The summed E-state index contributed by atoms with van der Waals surface area (Å²) in [5.74, 6) is -0.257. The second-order valence-corrected chi connectivity index (χ2v) is 7.92. The lowest BCUT2D eigenvalue weighted by Crippen LogP contribution is -2.36. The molecule has 2 atom stereocenters. The van der Waals surface area contributed by atoms with Gasteiger partial charge in [0, 0.05) is 10.6 Å². The second kappa shape index (κ2) is 9.99. The minimum atomic E-state index is -0.646. The Balaban J connectivity index is 2.68. The lowest BCUT2D eigenvalue weighted by atomic mass is 9.98. The van der Waals surface area contributed by atoms with Crippen molar-refractivity contribution in [1.29, 1.82) is 0 Å². The smallest absolute Gasteiger partial charge is 0.312 e.